The molecule has 0 unspecified atom stereocenters. The minimum absolute atomic E-state index is 0.141. The molecule has 0 saturated heterocycles. The zero-order valence-electron chi connectivity index (χ0n) is 20.5. The minimum Gasteiger partial charge on any atom is -0.324 e. The van der Waals surface area contributed by atoms with Crippen LogP contribution < -0.4 is 10.9 Å². The summed E-state index contributed by atoms with van der Waals surface area (Å²) < 4.78 is 0. The van der Waals surface area contributed by atoms with Crippen molar-refractivity contribution in [2.45, 2.75) is 40.6 Å². The molecule has 1 aliphatic rings. The van der Waals surface area contributed by atoms with E-state index in [1.807, 2.05) is 60.0 Å². The van der Waals surface area contributed by atoms with Crippen LogP contribution in [0.15, 0.2) is 97.9 Å². The van der Waals surface area contributed by atoms with Gasteiger partial charge in [0.15, 0.2) is 5.16 Å². The SMILES string of the molecule is O=C(CSc1nc2scc(-c3ccc4c(c3)CCCC4)c2c(=O)[nH]1)Nc1ccccc1Sc1ccccc1. The van der Waals surface area contributed by atoms with Crippen molar-refractivity contribution < 1.29 is 4.79 Å². The van der Waals surface area contributed by atoms with Gasteiger partial charge in [0.25, 0.3) is 5.56 Å². The number of amides is 1. The Bertz CT molecular complexity index is 1680. The molecule has 0 aliphatic heterocycles. The third kappa shape index (κ3) is 5.43. The van der Waals surface area contributed by atoms with Crippen molar-refractivity contribution in [3.63, 3.8) is 0 Å². The Morgan fingerprint density at radius 3 is 2.63 bits per heavy atom. The van der Waals surface area contributed by atoms with Crippen LogP contribution in [-0.4, -0.2) is 21.6 Å². The number of hydrogen-bond acceptors (Lipinski definition) is 6. The average Bonchev–Trinajstić information content (AvgIpc) is 3.38. The van der Waals surface area contributed by atoms with Crippen molar-refractivity contribution in [3.8, 4) is 11.1 Å². The molecule has 2 N–H and O–H groups in total. The average molecular weight is 556 g/mol. The van der Waals surface area contributed by atoms with Crippen molar-refractivity contribution in [1.29, 1.82) is 0 Å². The summed E-state index contributed by atoms with van der Waals surface area (Å²) in [7, 11) is 0. The number of H-pyrrole nitrogens is 1. The van der Waals surface area contributed by atoms with Crippen molar-refractivity contribution in [1.82, 2.24) is 9.97 Å². The van der Waals surface area contributed by atoms with Gasteiger partial charge in [0, 0.05) is 20.7 Å². The molecule has 0 fully saturated rings. The number of aromatic nitrogens is 2. The second-order valence-corrected chi connectivity index (χ2v) is 12.1. The fraction of sp³-hybridized carbons (Fsp3) is 0.167. The second kappa shape index (κ2) is 11.2. The predicted molar refractivity (Wildman–Crippen MR) is 159 cm³/mol. The number of rotatable bonds is 7. The number of anilines is 1. The van der Waals surface area contributed by atoms with E-state index in [4.69, 9.17) is 0 Å². The Labute approximate surface area is 233 Å². The van der Waals surface area contributed by atoms with E-state index in [1.54, 1.807) is 11.8 Å². The maximum Gasteiger partial charge on any atom is 0.260 e. The van der Waals surface area contributed by atoms with E-state index in [0.717, 1.165) is 39.4 Å². The second-order valence-electron chi connectivity index (χ2n) is 9.14. The lowest BCUT2D eigenvalue weighted by Gasteiger charge is -2.16. The Balaban J connectivity index is 1.16. The monoisotopic (exact) mass is 555 g/mol. The summed E-state index contributed by atoms with van der Waals surface area (Å²) in [6.45, 7) is 0. The van der Waals surface area contributed by atoms with Gasteiger partial charge in [-0.1, -0.05) is 72.1 Å². The van der Waals surface area contributed by atoms with E-state index in [0.29, 0.717) is 15.4 Å². The van der Waals surface area contributed by atoms with Crippen LogP contribution >= 0.6 is 34.9 Å². The zero-order chi connectivity index (χ0) is 25.9. The van der Waals surface area contributed by atoms with Gasteiger partial charge in [-0.05, 0) is 66.6 Å². The number of nitrogens with zero attached hydrogens (tertiary/aromatic N) is 1. The molecular weight excluding hydrogens is 531 g/mol. The molecule has 190 valence electrons. The van der Waals surface area contributed by atoms with E-state index in [2.05, 4.69) is 33.5 Å². The fourth-order valence-electron chi connectivity index (χ4n) is 4.71. The molecule has 2 aromatic heterocycles. The molecule has 0 atom stereocenters. The molecule has 2 heterocycles. The first-order chi connectivity index (χ1) is 18.6. The number of thiophene rings is 1. The predicted octanol–water partition coefficient (Wildman–Crippen LogP) is 7.41. The van der Waals surface area contributed by atoms with Crippen LogP contribution in [0.1, 0.15) is 24.0 Å². The van der Waals surface area contributed by atoms with Gasteiger partial charge >= 0.3 is 0 Å². The van der Waals surface area contributed by atoms with Gasteiger partial charge in [0.05, 0.1) is 16.8 Å². The first kappa shape index (κ1) is 25.0. The summed E-state index contributed by atoms with van der Waals surface area (Å²) in [6, 6.07) is 24.4. The molecule has 0 spiro atoms. The summed E-state index contributed by atoms with van der Waals surface area (Å²) in [5, 5.41) is 6.08. The molecule has 1 aliphatic carbocycles. The van der Waals surface area contributed by atoms with E-state index in [-0.39, 0.29) is 17.2 Å². The summed E-state index contributed by atoms with van der Waals surface area (Å²) in [5.74, 6) is -0.0123. The number of hydrogen-bond donors (Lipinski definition) is 2. The lowest BCUT2D eigenvalue weighted by atomic mass is 9.89. The Morgan fingerprint density at radius 1 is 0.974 bits per heavy atom. The van der Waals surface area contributed by atoms with E-state index < -0.39 is 0 Å². The summed E-state index contributed by atoms with van der Waals surface area (Å²) in [5.41, 5.74) is 5.39. The van der Waals surface area contributed by atoms with Crippen LogP contribution in [0.5, 0.6) is 0 Å². The van der Waals surface area contributed by atoms with Crippen LogP contribution in [0, 0.1) is 0 Å². The Morgan fingerprint density at radius 2 is 1.76 bits per heavy atom. The highest BCUT2D eigenvalue weighted by atomic mass is 32.2. The van der Waals surface area contributed by atoms with Crippen LogP contribution in [0.2, 0.25) is 0 Å². The Hall–Kier alpha value is -3.33. The number of benzene rings is 3. The maximum atomic E-state index is 13.1. The third-order valence-corrected chi connectivity index (χ3v) is 9.38. The number of aryl methyl sites for hydroxylation is 2. The fourth-order valence-corrected chi connectivity index (χ4v) is 7.29. The number of carbonyl (C=O) groups excluding carboxylic acids is 1. The highest BCUT2D eigenvalue weighted by molar-refractivity contribution is 8.00. The standard InChI is InChI=1S/C30H25N3O2S3/c34-26(31-24-12-6-7-13-25(24)38-22-10-2-1-3-11-22)18-37-30-32-28(35)27-23(17-36-29(27)33-30)21-15-14-19-8-4-5-9-20(19)16-21/h1-3,6-7,10-17H,4-5,8-9,18H2,(H,31,34)(H,32,33,35). The van der Waals surface area contributed by atoms with Gasteiger partial charge in [-0.3, -0.25) is 9.59 Å². The summed E-state index contributed by atoms with van der Waals surface area (Å²) >= 11 is 4.30. The van der Waals surface area contributed by atoms with Crippen LogP contribution in [0.4, 0.5) is 5.69 Å². The highest BCUT2D eigenvalue weighted by Gasteiger charge is 2.17. The first-order valence-corrected chi connectivity index (χ1v) is 15.2. The van der Waals surface area contributed by atoms with Crippen molar-refractivity contribution in [3.05, 3.63) is 99.7 Å². The molecule has 5 nitrogen and oxygen atoms in total. The van der Waals surface area contributed by atoms with Gasteiger partial charge in [-0.15, -0.1) is 11.3 Å². The van der Waals surface area contributed by atoms with Gasteiger partial charge < -0.3 is 10.3 Å². The van der Waals surface area contributed by atoms with Gasteiger partial charge in [0.1, 0.15) is 4.83 Å². The number of carbonyl (C=O) groups is 1. The number of aromatic amines is 1. The normalized spacial score (nSPS) is 12.8. The van der Waals surface area contributed by atoms with Gasteiger partial charge in [0.2, 0.25) is 5.91 Å². The molecule has 38 heavy (non-hydrogen) atoms. The first-order valence-electron chi connectivity index (χ1n) is 12.5. The zero-order valence-corrected chi connectivity index (χ0v) is 23.0. The topological polar surface area (TPSA) is 74.8 Å². The smallest absolute Gasteiger partial charge is 0.260 e. The molecule has 5 aromatic rings. The van der Waals surface area contributed by atoms with Crippen LogP contribution in [0.3, 0.4) is 0 Å². The molecule has 0 bridgehead atoms. The van der Waals surface area contributed by atoms with Crippen molar-refractivity contribution in [2.24, 2.45) is 0 Å². The van der Waals surface area contributed by atoms with E-state index >= 15 is 0 Å². The lowest BCUT2D eigenvalue weighted by molar-refractivity contribution is -0.113. The molecule has 3 aromatic carbocycles. The summed E-state index contributed by atoms with van der Waals surface area (Å²) in [4.78, 5) is 36.2. The third-order valence-electron chi connectivity index (χ3n) is 6.55. The molecular formula is C30H25N3O2S3. The van der Waals surface area contributed by atoms with E-state index in [1.165, 1.54) is 47.1 Å². The van der Waals surface area contributed by atoms with Crippen LogP contribution in [0.25, 0.3) is 21.3 Å². The quantitative estimate of drug-likeness (QED) is 0.162. The number of fused-ring (bicyclic) bond motifs is 2. The Kier molecular flexibility index (Phi) is 7.35. The van der Waals surface area contributed by atoms with Crippen LogP contribution in [-0.2, 0) is 17.6 Å². The molecule has 8 heteroatoms. The number of nitrogens with one attached hydrogen (secondary N) is 2. The molecule has 0 radical (unpaired) electrons. The molecule has 1 amide bonds. The highest BCUT2D eigenvalue weighted by Crippen LogP contribution is 2.35. The minimum atomic E-state index is -0.170. The van der Waals surface area contributed by atoms with Gasteiger partial charge in [-0.2, -0.15) is 0 Å². The van der Waals surface area contributed by atoms with Crippen molar-refractivity contribution in [2.75, 3.05) is 11.1 Å². The summed E-state index contributed by atoms with van der Waals surface area (Å²) in [6.07, 6.45) is 4.69. The molecule has 6 rings (SSSR count). The molecule has 0 saturated carbocycles. The largest absolute Gasteiger partial charge is 0.324 e. The van der Waals surface area contributed by atoms with E-state index in [9.17, 15) is 9.59 Å². The van der Waals surface area contributed by atoms with Crippen molar-refractivity contribution >= 4 is 56.7 Å². The lowest BCUT2D eigenvalue weighted by Crippen LogP contribution is -2.16. The maximum absolute atomic E-state index is 13.1. The van der Waals surface area contributed by atoms with Gasteiger partial charge in [-0.25, -0.2) is 4.98 Å². The number of para-hydroxylation sites is 1. The number of thioether (sulfide) groups is 1.